The van der Waals surface area contributed by atoms with E-state index in [1.807, 2.05) is 55.6 Å². The molecule has 2 amide bonds. The summed E-state index contributed by atoms with van der Waals surface area (Å²) in [4.78, 5) is 40.1. The van der Waals surface area contributed by atoms with E-state index in [-0.39, 0.29) is 32.0 Å². The Balaban J connectivity index is 1.42. The molecule has 38 heavy (non-hydrogen) atoms. The average Bonchev–Trinajstić information content (AvgIpc) is 3.28. The van der Waals surface area contributed by atoms with E-state index in [4.69, 9.17) is 15.9 Å². The van der Waals surface area contributed by atoms with Gasteiger partial charge in [0.25, 0.3) is 5.52 Å². The van der Waals surface area contributed by atoms with Gasteiger partial charge in [0.15, 0.2) is 5.96 Å². The summed E-state index contributed by atoms with van der Waals surface area (Å²) in [6.07, 6.45) is 0.504. The van der Waals surface area contributed by atoms with Gasteiger partial charge in [0.2, 0.25) is 22.9 Å². The van der Waals surface area contributed by atoms with Gasteiger partial charge in [-0.15, -0.1) is 0 Å². The first kappa shape index (κ1) is 26.2. The molecule has 1 atom stereocenters. The number of aromatic nitrogens is 1. The predicted molar refractivity (Wildman–Crippen MR) is 143 cm³/mol. The van der Waals surface area contributed by atoms with E-state index in [9.17, 15) is 19.5 Å². The molecule has 0 fully saturated rings. The summed E-state index contributed by atoms with van der Waals surface area (Å²) >= 11 is 0. The third kappa shape index (κ3) is 5.75. The molecule has 198 valence electrons. The summed E-state index contributed by atoms with van der Waals surface area (Å²) in [6.45, 7) is -0.254. The van der Waals surface area contributed by atoms with Crippen LogP contribution >= 0.6 is 0 Å². The van der Waals surface area contributed by atoms with Crippen molar-refractivity contribution in [1.29, 1.82) is 0 Å². The Morgan fingerprint density at radius 3 is 2.47 bits per heavy atom. The van der Waals surface area contributed by atoms with Gasteiger partial charge in [0.1, 0.15) is 18.7 Å². The van der Waals surface area contributed by atoms with Gasteiger partial charge in [-0.1, -0.05) is 24.3 Å². The first-order chi connectivity index (χ1) is 18.3. The number of benzene rings is 2. The summed E-state index contributed by atoms with van der Waals surface area (Å²) < 4.78 is 8.22. The maximum atomic E-state index is 12.6. The number of aliphatic carboxylic acids is 1. The molecule has 0 radical (unpaired) electrons. The van der Waals surface area contributed by atoms with E-state index in [0.29, 0.717) is 17.7 Å². The van der Waals surface area contributed by atoms with Crippen LogP contribution in [0.1, 0.15) is 12.8 Å². The summed E-state index contributed by atoms with van der Waals surface area (Å²) in [7, 11) is 1.97. The average molecular weight is 521 g/mol. The molecule has 1 unspecified atom stereocenters. The Morgan fingerprint density at radius 2 is 1.74 bits per heavy atom. The lowest BCUT2D eigenvalue weighted by atomic mass is 10.1. The van der Waals surface area contributed by atoms with Gasteiger partial charge in [0.05, 0.1) is 29.5 Å². The normalized spacial score (nSPS) is 11.8. The zero-order valence-corrected chi connectivity index (χ0v) is 20.9. The van der Waals surface area contributed by atoms with Crippen molar-refractivity contribution in [2.75, 3.05) is 25.0 Å². The number of nitrogens with one attached hydrogen (secondary N) is 3. The number of anilines is 1. The topological polar surface area (TPSA) is 189 Å². The fourth-order valence-corrected chi connectivity index (χ4v) is 4.35. The van der Waals surface area contributed by atoms with Crippen LogP contribution in [0.3, 0.4) is 0 Å². The standard InChI is InChI=1S/C26H29N7O5/c1-33-18-10-4-2-7-15(18)22(24-23(33)16-8-3-5-11-19(16)38-24)31-13-20(34)30-14-21(35)32-17(25(36)37)9-6-12-29-26(27)28/h2-5,7-8,10-11,17H,6,9,12-14H2,1H3,(H7,27,28,29,30,32,34,35,36,37)/p+1. The number of aliphatic imine (C=N–C) groups is 1. The Kier molecular flexibility index (Phi) is 7.90. The Morgan fingerprint density at radius 1 is 1.03 bits per heavy atom. The van der Waals surface area contributed by atoms with Gasteiger partial charge in [-0.05, 0) is 31.0 Å². The molecule has 8 N–H and O–H groups in total. The summed E-state index contributed by atoms with van der Waals surface area (Å²) in [5, 5.41) is 19.3. The van der Waals surface area contributed by atoms with Gasteiger partial charge >= 0.3 is 5.97 Å². The monoisotopic (exact) mass is 520 g/mol. The number of aryl methyl sites for hydroxylation is 1. The van der Waals surface area contributed by atoms with Crippen molar-refractivity contribution in [3.05, 3.63) is 48.5 Å². The minimum Gasteiger partial charge on any atom is -0.480 e. The highest BCUT2D eigenvalue weighted by Crippen LogP contribution is 2.35. The number of carboxylic acid groups (broad SMARTS) is 1. The number of amides is 2. The molecule has 4 aromatic rings. The van der Waals surface area contributed by atoms with Crippen LogP contribution in [0.25, 0.3) is 33.0 Å². The van der Waals surface area contributed by atoms with Gasteiger partial charge in [-0.25, -0.2) is 4.79 Å². The predicted octanol–water partition coefficient (Wildman–Crippen LogP) is 0.715. The van der Waals surface area contributed by atoms with Crippen LogP contribution in [-0.4, -0.2) is 54.5 Å². The van der Waals surface area contributed by atoms with E-state index >= 15 is 0 Å². The molecule has 0 spiro atoms. The molecule has 12 heteroatoms. The molecular weight excluding hydrogens is 490 g/mol. The molecule has 2 aromatic carbocycles. The number of pyridine rings is 1. The van der Waals surface area contributed by atoms with E-state index in [1.54, 1.807) is 0 Å². The molecule has 0 aliphatic heterocycles. The van der Waals surface area contributed by atoms with Gasteiger partial charge in [0, 0.05) is 12.6 Å². The molecule has 0 aliphatic rings. The largest absolute Gasteiger partial charge is 0.480 e. The molecule has 0 aliphatic carbocycles. The van der Waals surface area contributed by atoms with Crippen LogP contribution in [0.15, 0.2) is 57.9 Å². The number of carbonyl (C=O) groups excluding carboxylic acids is 2. The number of hydrogen-bond acceptors (Lipinski definition) is 6. The highest BCUT2D eigenvalue weighted by atomic mass is 16.4. The van der Waals surface area contributed by atoms with Gasteiger partial charge in [-0.3, -0.25) is 14.6 Å². The van der Waals surface area contributed by atoms with Crippen molar-refractivity contribution in [3.8, 4) is 0 Å². The highest BCUT2D eigenvalue weighted by Gasteiger charge is 2.25. The second kappa shape index (κ2) is 11.5. The van der Waals surface area contributed by atoms with E-state index in [1.165, 1.54) is 0 Å². The van der Waals surface area contributed by atoms with Crippen LogP contribution in [0, 0.1) is 0 Å². The number of carboxylic acids is 1. The van der Waals surface area contributed by atoms with E-state index < -0.39 is 23.8 Å². The molecular formula is C26H30N7O5+. The van der Waals surface area contributed by atoms with Crippen LogP contribution in [0.4, 0.5) is 5.69 Å². The second-order valence-corrected chi connectivity index (χ2v) is 8.76. The SMILES string of the molecule is C[n+]1c2ccccc2c(NCC(=O)NCC(=O)NC(CCCN=C(N)N)C(=O)O)c2oc3ccccc3c21. The van der Waals surface area contributed by atoms with Crippen molar-refractivity contribution in [2.45, 2.75) is 18.9 Å². The lowest BCUT2D eigenvalue weighted by molar-refractivity contribution is -0.616. The van der Waals surface area contributed by atoms with Crippen LogP contribution in [-0.2, 0) is 21.4 Å². The number of nitrogens with two attached hydrogens (primary N) is 2. The molecule has 2 aromatic heterocycles. The molecule has 0 saturated heterocycles. The summed E-state index contributed by atoms with van der Waals surface area (Å²) in [5.41, 5.74) is 14.3. The number of para-hydroxylation sites is 2. The van der Waals surface area contributed by atoms with Crippen LogP contribution < -0.4 is 32.0 Å². The van der Waals surface area contributed by atoms with Crippen LogP contribution in [0.5, 0.6) is 0 Å². The molecule has 0 bridgehead atoms. The van der Waals surface area contributed by atoms with E-state index in [2.05, 4.69) is 25.5 Å². The maximum Gasteiger partial charge on any atom is 0.326 e. The highest BCUT2D eigenvalue weighted by molar-refractivity contribution is 6.11. The molecule has 4 rings (SSSR count). The smallest absolute Gasteiger partial charge is 0.326 e. The molecule has 2 heterocycles. The number of hydrogen-bond donors (Lipinski definition) is 6. The summed E-state index contributed by atoms with van der Waals surface area (Å²) in [5.74, 6) is -2.34. The van der Waals surface area contributed by atoms with Crippen molar-refractivity contribution >= 4 is 62.4 Å². The second-order valence-electron chi connectivity index (χ2n) is 8.76. The molecule has 0 saturated carbocycles. The Labute approximate surface area is 217 Å². The zero-order valence-electron chi connectivity index (χ0n) is 20.9. The quantitative estimate of drug-likeness (QED) is 0.0721. The maximum absolute atomic E-state index is 12.6. The Hall–Kier alpha value is -4.87. The van der Waals surface area contributed by atoms with Crippen molar-refractivity contribution in [1.82, 2.24) is 10.6 Å². The first-order valence-corrected chi connectivity index (χ1v) is 12.1. The summed E-state index contributed by atoms with van der Waals surface area (Å²) in [6, 6.07) is 14.4. The number of rotatable bonds is 11. The van der Waals surface area contributed by atoms with Crippen molar-refractivity contribution in [3.63, 3.8) is 0 Å². The number of furan rings is 1. The van der Waals surface area contributed by atoms with Gasteiger partial charge in [-0.2, -0.15) is 4.57 Å². The minimum atomic E-state index is -1.19. The third-order valence-corrected chi connectivity index (χ3v) is 6.12. The number of fused-ring (bicyclic) bond motifs is 4. The fourth-order valence-electron chi connectivity index (χ4n) is 4.35. The number of guanidine groups is 1. The lowest BCUT2D eigenvalue weighted by Gasteiger charge is -2.14. The third-order valence-electron chi connectivity index (χ3n) is 6.12. The number of carbonyl (C=O) groups is 3. The number of nitrogens with zero attached hydrogens (tertiary/aromatic N) is 2. The lowest BCUT2D eigenvalue weighted by Crippen LogP contribution is -2.46. The Bertz CT molecular complexity index is 1540. The van der Waals surface area contributed by atoms with Gasteiger partial charge < -0.3 is 36.9 Å². The van der Waals surface area contributed by atoms with E-state index in [0.717, 1.165) is 27.4 Å². The molecule has 12 nitrogen and oxygen atoms in total. The zero-order chi connectivity index (χ0) is 27.2. The fraction of sp³-hybridized carbons (Fsp3) is 0.269. The van der Waals surface area contributed by atoms with Crippen molar-refractivity contribution in [2.24, 2.45) is 23.5 Å². The first-order valence-electron chi connectivity index (χ1n) is 12.1. The van der Waals surface area contributed by atoms with Crippen LogP contribution in [0.2, 0.25) is 0 Å². The van der Waals surface area contributed by atoms with Crippen molar-refractivity contribution < 1.29 is 28.5 Å². The minimum absolute atomic E-state index is 0.0873.